The van der Waals surface area contributed by atoms with Gasteiger partial charge in [0, 0.05) is 10.4 Å². The van der Waals surface area contributed by atoms with E-state index in [-0.39, 0.29) is 11.5 Å². The van der Waals surface area contributed by atoms with Gasteiger partial charge in [-0.05, 0) is 38.2 Å². The average molecular weight is 324 g/mol. The third-order valence-corrected chi connectivity index (χ3v) is 5.54. The molecule has 122 valence electrons. The number of anilines is 1. The molecule has 1 aliphatic rings. The first-order valence-electron chi connectivity index (χ1n) is 7.97. The number of carbonyl (C=O) groups is 2. The molecule has 0 aliphatic heterocycles. The molecule has 1 saturated carbocycles. The highest BCUT2D eigenvalue weighted by atomic mass is 32.1. The summed E-state index contributed by atoms with van der Waals surface area (Å²) in [4.78, 5) is 25.5. The van der Waals surface area contributed by atoms with E-state index in [4.69, 9.17) is 0 Å². The van der Waals surface area contributed by atoms with Gasteiger partial charge in [-0.3, -0.25) is 4.79 Å². The summed E-state index contributed by atoms with van der Waals surface area (Å²) in [5.41, 5.74) is 0.0884. The minimum Gasteiger partial charge on any atom is -0.545 e. The molecule has 1 amide bonds. The van der Waals surface area contributed by atoms with Gasteiger partial charge in [0.05, 0.1) is 19.1 Å². The van der Waals surface area contributed by atoms with E-state index in [1.54, 1.807) is 6.07 Å². The predicted octanol–water partition coefficient (Wildman–Crippen LogP) is 0.460. The molecule has 1 aliphatic carbocycles. The van der Waals surface area contributed by atoms with E-state index in [1.807, 2.05) is 14.0 Å². The lowest BCUT2D eigenvalue weighted by molar-refractivity contribution is -0.899. The van der Waals surface area contributed by atoms with Crippen molar-refractivity contribution in [2.45, 2.75) is 51.5 Å². The topological polar surface area (TPSA) is 73.7 Å². The first kappa shape index (κ1) is 17.0. The molecule has 1 unspecified atom stereocenters. The van der Waals surface area contributed by atoms with Gasteiger partial charge in [-0.25, -0.2) is 0 Å². The van der Waals surface area contributed by atoms with Crippen LogP contribution in [0, 0.1) is 0 Å². The van der Waals surface area contributed by atoms with Crippen molar-refractivity contribution in [3.63, 3.8) is 0 Å². The molecule has 1 atom stereocenters. The molecule has 1 aromatic heterocycles. The van der Waals surface area contributed by atoms with E-state index in [0.717, 1.165) is 11.3 Å². The van der Waals surface area contributed by atoms with Crippen molar-refractivity contribution < 1.29 is 19.6 Å². The predicted molar refractivity (Wildman–Crippen MR) is 85.3 cm³/mol. The molecule has 2 rings (SSSR count). The average Bonchev–Trinajstić information content (AvgIpc) is 2.91. The first-order chi connectivity index (χ1) is 10.5. The van der Waals surface area contributed by atoms with Gasteiger partial charge in [0.15, 0.2) is 6.54 Å². The number of nitrogens with one attached hydrogen (secondary N) is 2. The Morgan fingerprint density at radius 1 is 1.36 bits per heavy atom. The van der Waals surface area contributed by atoms with Crippen LogP contribution in [0.2, 0.25) is 0 Å². The molecule has 5 nitrogen and oxygen atoms in total. The molecule has 1 fully saturated rings. The van der Waals surface area contributed by atoms with Crippen LogP contribution in [-0.2, 0) is 11.2 Å². The zero-order valence-corrected chi connectivity index (χ0v) is 14.1. The highest BCUT2D eigenvalue weighted by Gasteiger charge is 2.24. The zero-order chi connectivity index (χ0) is 16.1. The van der Waals surface area contributed by atoms with E-state index in [1.165, 1.54) is 48.3 Å². The number of carbonyl (C=O) groups excluding carboxylic acids is 2. The maximum atomic E-state index is 12.2. The second-order valence-electron chi connectivity index (χ2n) is 6.00. The largest absolute Gasteiger partial charge is 0.545 e. The van der Waals surface area contributed by atoms with Gasteiger partial charge < -0.3 is 20.1 Å². The van der Waals surface area contributed by atoms with E-state index in [9.17, 15) is 14.7 Å². The Kier molecular flexibility index (Phi) is 5.97. The molecule has 22 heavy (non-hydrogen) atoms. The van der Waals surface area contributed by atoms with Gasteiger partial charge in [-0.2, -0.15) is 0 Å². The summed E-state index contributed by atoms with van der Waals surface area (Å²) in [6.07, 6.45) is 6.85. The molecule has 0 radical (unpaired) electrons. The number of aryl methyl sites for hydroxylation is 1. The van der Waals surface area contributed by atoms with E-state index in [2.05, 4.69) is 5.32 Å². The molecule has 0 saturated heterocycles. The monoisotopic (exact) mass is 324 g/mol. The third kappa shape index (κ3) is 4.30. The van der Waals surface area contributed by atoms with Crippen LogP contribution in [0.3, 0.4) is 0 Å². The Hall–Kier alpha value is -1.40. The Morgan fingerprint density at radius 3 is 2.64 bits per heavy atom. The Labute approximate surface area is 135 Å². The van der Waals surface area contributed by atoms with Crippen molar-refractivity contribution in [1.29, 1.82) is 0 Å². The Morgan fingerprint density at radius 2 is 2.05 bits per heavy atom. The normalized spacial score (nSPS) is 17.2. The summed E-state index contributed by atoms with van der Waals surface area (Å²) in [6.45, 7) is 2.33. The van der Waals surface area contributed by atoms with Gasteiger partial charge in [0.1, 0.15) is 5.00 Å². The minimum atomic E-state index is -1.24. The number of hydrogen-bond acceptors (Lipinski definition) is 4. The maximum absolute atomic E-state index is 12.2. The van der Waals surface area contributed by atoms with Crippen molar-refractivity contribution in [3.8, 4) is 0 Å². The fourth-order valence-corrected chi connectivity index (χ4v) is 4.02. The molecule has 0 spiro atoms. The number of aromatic carboxylic acids is 1. The molecular formula is C16H24N2O3S. The lowest BCUT2D eigenvalue weighted by atomic mass is 9.94. The second-order valence-corrected chi connectivity index (χ2v) is 7.14. The van der Waals surface area contributed by atoms with Crippen LogP contribution < -0.4 is 15.3 Å². The van der Waals surface area contributed by atoms with Crippen molar-refractivity contribution >= 4 is 28.2 Å². The lowest BCUT2D eigenvalue weighted by Gasteiger charge is -2.27. The van der Waals surface area contributed by atoms with Crippen LogP contribution in [0.15, 0.2) is 6.07 Å². The zero-order valence-electron chi connectivity index (χ0n) is 13.2. The quantitative estimate of drug-likeness (QED) is 0.798. The highest BCUT2D eigenvalue weighted by Crippen LogP contribution is 2.28. The van der Waals surface area contributed by atoms with Crippen LogP contribution in [-0.4, -0.2) is 31.5 Å². The van der Waals surface area contributed by atoms with Gasteiger partial charge in [0.2, 0.25) is 0 Å². The molecule has 1 aromatic rings. The number of thiophene rings is 1. The van der Waals surface area contributed by atoms with E-state index < -0.39 is 5.97 Å². The van der Waals surface area contributed by atoms with Crippen LogP contribution in [0.25, 0.3) is 0 Å². The number of rotatable bonds is 6. The van der Waals surface area contributed by atoms with Gasteiger partial charge in [-0.15, -0.1) is 11.3 Å². The van der Waals surface area contributed by atoms with Gasteiger partial charge in [-0.1, -0.05) is 13.3 Å². The first-order valence-corrected chi connectivity index (χ1v) is 8.79. The fraction of sp³-hybridized carbons (Fsp3) is 0.625. The summed E-state index contributed by atoms with van der Waals surface area (Å²) in [6, 6.07) is 2.13. The SMILES string of the molecule is CCc1cc(C(=O)[O-])c(NC(=O)C[NH+](C)C2CCCCC2)s1. The number of quaternary nitrogens is 1. The third-order valence-electron chi connectivity index (χ3n) is 4.35. The van der Waals surface area contributed by atoms with E-state index >= 15 is 0 Å². The molecule has 2 N–H and O–H groups in total. The molecule has 1 heterocycles. The van der Waals surface area contributed by atoms with Crippen LogP contribution >= 0.6 is 11.3 Å². The van der Waals surface area contributed by atoms with Gasteiger partial charge >= 0.3 is 0 Å². The van der Waals surface area contributed by atoms with Crippen LogP contribution in [0.1, 0.15) is 54.3 Å². The molecule has 0 bridgehead atoms. The summed E-state index contributed by atoms with van der Waals surface area (Å²) < 4.78 is 0. The Balaban J connectivity index is 1.96. The van der Waals surface area contributed by atoms with Gasteiger partial charge in [0.25, 0.3) is 5.91 Å². The summed E-state index contributed by atoms with van der Waals surface area (Å²) in [5.74, 6) is -1.37. The maximum Gasteiger partial charge on any atom is 0.280 e. The van der Waals surface area contributed by atoms with Crippen LogP contribution in [0.5, 0.6) is 0 Å². The summed E-state index contributed by atoms with van der Waals surface area (Å²) >= 11 is 1.32. The van der Waals surface area contributed by atoms with Crippen molar-refractivity contribution in [3.05, 3.63) is 16.5 Å². The number of hydrogen-bond donors (Lipinski definition) is 2. The Bertz CT molecular complexity index is 535. The number of carboxylic acid groups (broad SMARTS) is 1. The minimum absolute atomic E-state index is 0.0884. The smallest absolute Gasteiger partial charge is 0.280 e. The summed E-state index contributed by atoms with van der Waals surface area (Å²) in [5, 5.41) is 14.3. The van der Waals surface area contributed by atoms with E-state index in [0.29, 0.717) is 17.6 Å². The van der Waals surface area contributed by atoms with Crippen molar-refractivity contribution in [2.75, 3.05) is 18.9 Å². The number of carboxylic acids is 1. The molecule has 0 aromatic carbocycles. The standard InChI is InChI=1S/C16H24N2O3S/c1-3-12-9-13(16(20)21)15(22-12)17-14(19)10-18(2)11-7-5-4-6-8-11/h9,11H,3-8,10H2,1-2H3,(H,17,19)(H,20,21). The van der Waals surface area contributed by atoms with Crippen LogP contribution in [0.4, 0.5) is 5.00 Å². The molecular weight excluding hydrogens is 300 g/mol. The fourth-order valence-electron chi connectivity index (χ4n) is 3.02. The lowest BCUT2D eigenvalue weighted by Crippen LogP contribution is -3.14. The number of amides is 1. The molecule has 6 heteroatoms. The highest BCUT2D eigenvalue weighted by molar-refractivity contribution is 7.16. The van der Waals surface area contributed by atoms with Crippen molar-refractivity contribution in [1.82, 2.24) is 0 Å². The number of likely N-dealkylation sites (N-methyl/N-ethyl adjacent to an activating group) is 1. The summed E-state index contributed by atoms with van der Waals surface area (Å²) in [7, 11) is 2.04. The second kappa shape index (κ2) is 7.74. The van der Waals surface area contributed by atoms with Crippen molar-refractivity contribution in [2.24, 2.45) is 0 Å².